The van der Waals surface area contributed by atoms with E-state index in [0.29, 0.717) is 13.2 Å². The molecule has 0 aliphatic rings. The Kier molecular flexibility index (Phi) is 98.6. The third-order valence-electron chi connectivity index (χ3n) is 2.02. The summed E-state index contributed by atoms with van der Waals surface area (Å²) >= 11 is 1.06. The van der Waals surface area contributed by atoms with Gasteiger partial charge in [-0.25, -0.2) is 0 Å². The molecule has 3 nitrogen and oxygen atoms in total. The topological polar surface area (TPSA) is 57.5 Å². The van der Waals surface area contributed by atoms with Gasteiger partial charge in [-0.15, -0.1) is 37.2 Å². The third kappa shape index (κ3) is 67.2. The summed E-state index contributed by atoms with van der Waals surface area (Å²) in [5.41, 5.74) is 0. The second-order valence-corrected chi connectivity index (χ2v) is 3.57. The van der Waals surface area contributed by atoms with Crippen LogP contribution in [0.15, 0.2) is 0 Å². The fraction of sp³-hybridized carbons (Fsp3) is 1.00. The predicted octanol–water partition coefficient (Wildman–Crippen LogP) is 4.26. The first-order valence-corrected chi connectivity index (χ1v) is 6.80. The molecule has 0 bridgehead atoms. The van der Waals surface area contributed by atoms with Gasteiger partial charge in [-0.05, 0) is 12.8 Å². The van der Waals surface area contributed by atoms with Crippen molar-refractivity contribution in [2.45, 2.75) is 65.2 Å². The minimum atomic E-state index is 0. The van der Waals surface area contributed by atoms with Gasteiger partial charge in [0.1, 0.15) is 0 Å². The van der Waals surface area contributed by atoms with E-state index < -0.39 is 0 Å². The molecule has 0 aliphatic carbocycles. The molecule has 0 fully saturated rings. The quantitative estimate of drug-likeness (QED) is 0.619. The van der Waals surface area contributed by atoms with E-state index in [9.17, 15) is 0 Å². The molecule has 0 unspecified atom stereocenters. The second-order valence-electron chi connectivity index (χ2n) is 3.57. The van der Waals surface area contributed by atoms with Crippen LogP contribution in [0.2, 0.25) is 0 Å². The molecular weight excluding hydrogens is 349 g/mol. The molecule has 0 aromatic heterocycles. The van der Waals surface area contributed by atoms with Crippen LogP contribution < -0.4 is 0 Å². The van der Waals surface area contributed by atoms with Gasteiger partial charge in [0.25, 0.3) is 0 Å². The molecule has 0 spiro atoms. The SMILES string of the molecule is CCCCCCO.CCCCCCO.Cl.Cl.Cl.[O]=[V]. The number of rotatable bonds is 8. The van der Waals surface area contributed by atoms with Crippen molar-refractivity contribution in [3.05, 3.63) is 0 Å². The Bertz CT molecular complexity index is 86.3. The van der Waals surface area contributed by atoms with Crippen molar-refractivity contribution in [2.24, 2.45) is 0 Å². The summed E-state index contributed by atoms with van der Waals surface area (Å²) in [6, 6.07) is 0. The van der Waals surface area contributed by atoms with E-state index in [1.165, 1.54) is 38.5 Å². The van der Waals surface area contributed by atoms with Gasteiger partial charge in [-0.2, -0.15) is 0 Å². The van der Waals surface area contributed by atoms with Crippen LogP contribution in [-0.2, 0) is 21.0 Å². The van der Waals surface area contributed by atoms with Crippen LogP contribution in [0.4, 0.5) is 0 Å². The van der Waals surface area contributed by atoms with E-state index >= 15 is 0 Å². The van der Waals surface area contributed by atoms with E-state index in [2.05, 4.69) is 13.8 Å². The van der Waals surface area contributed by atoms with Crippen molar-refractivity contribution in [2.75, 3.05) is 13.2 Å². The van der Waals surface area contributed by atoms with Gasteiger partial charge in [0.2, 0.25) is 0 Å². The summed E-state index contributed by atoms with van der Waals surface area (Å²) in [6.07, 6.45) is 9.36. The fourth-order valence-electron chi connectivity index (χ4n) is 1.08. The minimum absolute atomic E-state index is 0. The first kappa shape index (κ1) is 36.9. The second kappa shape index (κ2) is 50.7. The van der Waals surface area contributed by atoms with E-state index in [0.717, 1.165) is 30.2 Å². The van der Waals surface area contributed by atoms with Crippen LogP contribution >= 0.6 is 37.2 Å². The van der Waals surface area contributed by atoms with Gasteiger partial charge in [0, 0.05) is 13.2 Å². The first-order chi connectivity index (χ1) is 7.83. The van der Waals surface area contributed by atoms with Gasteiger partial charge in [-0.3, -0.25) is 0 Å². The van der Waals surface area contributed by atoms with Crippen LogP contribution in [0.5, 0.6) is 0 Å². The Morgan fingerprint density at radius 1 is 0.632 bits per heavy atom. The Hall–Kier alpha value is 1.17. The molecule has 2 N–H and O–H groups in total. The zero-order chi connectivity index (χ0) is 13.1. The first-order valence-electron chi connectivity index (χ1n) is 6.23. The van der Waals surface area contributed by atoms with Crippen LogP contribution in [0.1, 0.15) is 65.2 Å². The zero-order valence-corrected chi connectivity index (χ0v) is 15.9. The number of unbranched alkanes of at least 4 members (excludes halogenated alkanes) is 6. The normalized spacial score (nSPS) is 7.11. The van der Waals surface area contributed by atoms with Gasteiger partial charge in [0.15, 0.2) is 0 Å². The molecule has 0 aromatic carbocycles. The van der Waals surface area contributed by atoms with Crippen molar-refractivity contribution < 1.29 is 31.3 Å². The summed E-state index contributed by atoms with van der Waals surface area (Å²) in [7, 11) is 0. The average molecular weight is 381 g/mol. The number of hydrogen-bond acceptors (Lipinski definition) is 3. The van der Waals surface area contributed by atoms with E-state index in [4.69, 9.17) is 13.9 Å². The number of hydrogen-bond donors (Lipinski definition) is 2. The zero-order valence-electron chi connectivity index (χ0n) is 12.0. The third-order valence-corrected chi connectivity index (χ3v) is 2.02. The molecule has 0 saturated heterocycles. The molecule has 0 atom stereocenters. The van der Waals surface area contributed by atoms with Crippen molar-refractivity contribution in [3.8, 4) is 0 Å². The Labute approximate surface area is 146 Å². The van der Waals surface area contributed by atoms with Gasteiger partial charge >= 0.3 is 21.0 Å². The molecule has 19 heavy (non-hydrogen) atoms. The molecule has 0 aromatic rings. The summed E-state index contributed by atoms with van der Waals surface area (Å²) in [5, 5.41) is 16.6. The van der Waals surface area contributed by atoms with Crippen molar-refractivity contribution in [3.63, 3.8) is 0 Å². The van der Waals surface area contributed by atoms with Crippen molar-refractivity contribution in [1.82, 2.24) is 0 Å². The molecule has 7 heteroatoms. The average Bonchev–Trinajstić information content (AvgIpc) is 2.34. The monoisotopic (exact) mass is 379 g/mol. The molecule has 0 saturated carbocycles. The standard InChI is InChI=1S/2C6H14O.3ClH.O.V/c2*1-2-3-4-5-6-7;;;;;/h2*7H,2-6H2,1H3;3*1H;;. The Morgan fingerprint density at radius 2 is 0.895 bits per heavy atom. The van der Waals surface area contributed by atoms with E-state index in [1.54, 1.807) is 0 Å². The Morgan fingerprint density at radius 3 is 1.05 bits per heavy atom. The summed E-state index contributed by atoms with van der Waals surface area (Å²) in [4.78, 5) is 0. The summed E-state index contributed by atoms with van der Waals surface area (Å²) in [5.74, 6) is 0. The summed E-state index contributed by atoms with van der Waals surface area (Å²) in [6.45, 7) is 5.05. The molecule has 0 aliphatic heterocycles. The molecule has 0 amide bonds. The molecule has 0 radical (unpaired) electrons. The maximum absolute atomic E-state index is 8.29. The molecule has 0 heterocycles. The van der Waals surface area contributed by atoms with E-state index in [-0.39, 0.29) is 37.2 Å². The van der Waals surface area contributed by atoms with Crippen LogP contribution in [-0.4, -0.2) is 23.4 Å². The number of aliphatic hydroxyl groups is 2. The number of aliphatic hydroxyl groups excluding tert-OH is 2. The predicted molar refractivity (Wildman–Crippen MR) is 84.9 cm³/mol. The van der Waals surface area contributed by atoms with Gasteiger partial charge < -0.3 is 10.2 Å². The molecule has 123 valence electrons. The number of halogens is 3. The van der Waals surface area contributed by atoms with Crippen LogP contribution in [0.25, 0.3) is 0 Å². The van der Waals surface area contributed by atoms with Crippen LogP contribution in [0.3, 0.4) is 0 Å². The summed E-state index contributed by atoms with van der Waals surface area (Å²) < 4.78 is 8.19. The maximum atomic E-state index is 8.29. The molecule has 0 rings (SSSR count). The van der Waals surface area contributed by atoms with Gasteiger partial charge in [-0.1, -0.05) is 52.4 Å². The van der Waals surface area contributed by atoms with E-state index in [1.807, 2.05) is 0 Å². The molecular formula is C12H31Cl3O3V. The van der Waals surface area contributed by atoms with Crippen molar-refractivity contribution >= 4 is 37.2 Å². The Balaban J connectivity index is -0.0000000344. The van der Waals surface area contributed by atoms with Gasteiger partial charge in [0.05, 0.1) is 0 Å². The van der Waals surface area contributed by atoms with Crippen LogP contribution in [0, 0.1) is 0 Å². The van der Waals surface area contributed by atoms with Crippen molar-refractivity contribution in [1.29, 1.82) is 0 Å². The fourth-order valence-corrected chi connectivity index (χ4v) is 1.08.